The van der Waals surface area contributed by atoms with Crippen LogP contribution in [0.25, 0.3) is 0 Å². The number of nitrogens with one attached hydrogen (secondary N) is 3. The zero-order chi connectivity index (χ0) is 19.8. The molecule has 0 aliphatic rings. The molecule has 142 valence electrons. The predicted octanol–water partition coefficient (Wildman–Crippen LogP) is 3.79. The van der Waals surface area contributed by atoms with E-state index in [-0.39, 0.29) is 11.0 Å². The Balaban J connectivity index is 1.98. The van der Waals surface area contributed by atoms with Gasteiger partial charge in [0.05, 0.1) is 17.7 Å². The molecule has 0 atom stereocenters. The summed E-state index contributed by atoms with van der Waals surface area (Å²) in [7, 11) is 0. The summed E-state index contributed by atoms with van der Waals surface area (Å²) in [6.45, 7) is 2.48. The molecule has 0 bridgehead atoms. The summed E-state index contributed by atoms with van der Waals surface area (Å²) in [4.78, 5) is 24.7. The largest absolute Gasteiger partial charge is 0.493 e. The lowest BCUT2D eigenvalue weighted by Gasteiger charge is -2.14. The number of halogens is 2. The van der Waals surface area contributed by atoms with Gasteiger partial charge in [0, 0.05) is 8.04 Å². The number of hydrazine groups is 1. The van der Waals surface area contributed by atoms with E-state index in [2.05, 4.69) is 54.7 Å². The van der Waals surface area contributed by atoms with E-state index in [1.165, 1.54) is 0 Å². The molecule has 0 saturated heterocycles. The fourth-order valence-corrected chi connectivity index (χ4v) is 3.18. The summed E-state index contributed by atoms with van der Waals surface area (Å²) in [5.41, 5.74) is 5.84. The second-order valence-corrected chi connectivity index (χ2v) is 7.82. The summed E-state index contributed by atoms with van der Waals surface area (Å²) >= 11 is 10.5. The van der Waals surface area contributed by atoms with E-state index in [4.69, 9.17) is 17.0 Å². The summed E-state index contributed by atoms with van der Waals surface area (Å²) in [5, 5.41) is 2.50. The van der Waals surface area contributed by atoms with Gasteiger partial charge in [0.1, 0.15) is 5.75 Å². The van der Waals surface area contributed by atoms with E-state index in [9.17, 15) is 9.59 Å². The van der Waals surface area contributed by atoms with Crippen molar-refractivity contribution in [3.05, 3.63) is 61.6 Å². The van der Waals surface area contributed by atoms with E-state index >= 15 is 0 Å². The van der Waals surface area contributed by atoms with E-state index in [0.717, 1.165) is 14.5 Å². The van der Waals surface area contributed by atoms with Gasteiger partial charge in [0.15, 0.2) is 5.11 Å². The predicted molar refractivity (Wildman–Crippen MR) is 120 cm³/mol. The van der Waals surface area contributed by atoms with Crippen molar-refractivity contribution < 1.29 is 14.3 Å². The first kappa shape index (κ1) is 21.6. The topological polar surface area (TPSA) is 79.5 Å². The van der Waals surface area contributed by atoms with Gasteiger partial charge in [-0.25, -0.2) is 0 Å². The number of carbonyl (C=O) groups is 2. The van der Waals surface area contributed by atoms with Crippen molar-refractivity contribution in [2.45, 2.75) is 13.3 Å². The third kappa shape index (κ3) is 6.43. The third-order valence-corrected chi connectivity index (χ3v) is 4.92. The Morgan fingerprint density at radius 2 is 1.85 bits per heavy atom. The Kier molecular flexibility index (Phi) is 8.45. The van der Waals surface area contributed by atoms with Gasteiger partial charge in [-0.05, 0) is 71.6 Å². The SMILES string of the molecule is CCCOc1ccc(Br)cc1C(=O)NC(=S)NNC(=O)c1ccccc1I. The standard InChI is InChI=1S/C18H17BrIN3O3S/c1-2-9-26-15-8-7-11(19)10-13(15)16(24)21-18(27)23-22-17(25)12-5-3-4-6-14(12)20/h3-8,10H,2,9H2,1H3,(H,22,25)(H2,21,23,24,27). The number of rotatable bonds is 5. The monoisotopic (exact) mass is 561 g/mol. The Morgan fingerprint density at radius 3 is 2.56 bits per heavy atom. The molecule has 0 saturated carbocycles. The Labute approximate surface area is 184 Å². The van der Waals surface area contributed by atoms with Crippen molar-refractivity contribution in [2.75, 3.05) is 6.61 Å². The van der Waals surface area contributed by atoms with Gasteiger partial charge in [0.2, 0.25) is 0 Å². The van der Waals surface area contributed by atoms with Crippen LogP contribution in [0.5, 0.6) is 5.75 Å². The van der Waals surface area contributed by atoms with Gasteiger partial charge in [-0.1, -0.05) is 35.0 Å². The molecule has 3 N–H and O–H groups in total. The van der Waals surface area contributed by atoms with E-state index in [0.29, 0.717) is 23.5 Å². The van der Waals surface area contributed by atoms with Crippen LogP contribution in [0.2, 0.25) is 0 Å². The van der Waals surface area contributed by atoms with Crippen molar-refractivity contribution in [1.82, 2.24) is 16.2 Å². The van der Waals surface area contributed by atoms with Gasteiger partial charge in [-0.3, -0.25) is 25.8 Å². The molecule has 0 aromatic heterocycles. The average Bonchev–Trinajstić information content (AvgIpc) is 2.65. The Bertz CT molecular complexity index is 863. The van der Waals surface area contributed by atoms with Crippen LogP contribution in [0.4, 0.5) is 0 Å². The smallest absolute Gasteiger partial charge is 0.270 e. The average molecular weight is 562 g/mol. The third-order valence-electron chi connectivity index (χ3n) is 3.28. The van der Waals surface area contributed by atoms with Crippen molar-refractivity contribution >= 4 is 67.7 Å². The normalized spacial score (nSPS) is 10.0. The van der Waals surface area contributed by atoms with Gasteiger partial charge in [-0.15, -0.1) is 0 Å². The highest BCUT2D eigenvalue weighted by Gasteiger charge is 2.15. The lowest BCUT2D eigenvalue weighted by molar-refractivity contribution is 0.0933. The lowest BCUT2D eigenvalue weighted by atomic mass is 10.2. The number of ether oxygens (including phenoxy) is 1. The molecular weight excluding hydrogens is 545 g/mol. The molecule has 0 spiro atoms. The lowest BCUT2D eigenvalue weighted by Crippen LogP contribution is -2.48. The van der Waals surface area contributed by atoms with E-state index in [1.807, 2.05) is 19.1 Å². The highest BCUT2D eigenvalue weighted by molar-refractivity contribution is 14.1. The number of carbonyl (C=O) groups excluding carboxylic acids is 2. The second kappa shape index (κ2) is 10.6. The van der Waals surface area contributed by atoms with E-state index < -0.39 is 5.91 Å². The number of hydrogen-bond acceptors (Lipinski definition) is 4. The number of hydrogen-bond donors (Lipinski definition) is 3. The molecule has 0 unspecified atom stereocenters. The van der Waals surface area contributed by atoms with Crippen LogP contribution in [-0.2, 0) is 0 Å². The maximum atomic E-state index is 12.5. The maximum absolute atomic E-state index is 12.5. The first-order valence-corrected chi connectivity index (χ1v) is 10.3. The first-order valence-electron chi connectivity index (χ1n) is 8.01. The number of thiocarbonyl (C=S) groups is 1. The maximum Gasteiger partial charge on any atom is 0.270 e. The van der Waals surface area contributed by atoms with Crippen LogP contribution < -0.4 is 20.9 Å². The fraction of sp³-hybridized carbons (Fsp3) is 0.167. The molecule has 6 nitrogen and oxygen atoms in total. The molecule has 2 aromatic rings. The minimum Gasteiger partial charge on any atom is -0.493 e. The number of amides is 2. The van der Waals surface area contributed by atoms with Gasteiger partial charge >= 0.3 is 0 Å². The van der Waals surface area contributed by atoms with Crippen LogP contribution in [0.3, 0.4) is 0 Å². The summed E-state index contributed by atoms with van der Waals surface area (Å²) in [5.74, 6) is -0.335. The molecule has 0 fully saturated rings. The summed E-state index contributed by atoms with van der Waals surface area (Å²) in [6, 6.07) is 12.3. The summed E-state index contributed by atoms with van der Waals surface area (Å²) < 4.78 is 7.14. The van der Waals surface area contributed by atoms with Crippen LogP contribution in [-0.4, -0.2) is 23.5 Å². The van der Waals surface area contributed by atoms with Crippen LogP contribution in [0, 0.1) is 3.57 Å². The van der Waals surface area contributed by atoms with Crippen LogP contribution in [0.1, 0.15) is 34.1 Å². The van der Waals surface area contributed by atoms with Crippen molar-refractivity contribution in [1.29, 1.82) is 0 Å². The highest BCUT2D eigenvalue weighted by Crippen LogP contribution is 2.23. The van der Waals surface area contributed by atoms with Crippen molar-refractivity contribution in [3.63, 3.8) is 0 Å². The molecule has 0 aliphatic carbocycles. The molecule has 0 aliphatic heterocycles. The first-order chi connectivity index (χ1) is 12.9. The molecule has 2 aromatic carbocycles. The van der Waals surface area contributed by atoms with Crippen LogP contribution >= 0.6 is 50.7 Å². The molecule has 27 heavy (non-hydrogen) atoms. The molecule has 9 heteroatoms. The van der Waals surface area contributed by atoms with Crippen LogP contribution in [0.15, 0.2) is 46.9 Å². The molecule has 0 radical (unpaired) electrons. The fourth-order valence-electron chi connectivity index (χ4n) is 2.05. The zero-order valence-electron chi connectivity index (χ0n) is 14.3. The molecular formula is C18H17BrIN3O3S. The molecule has 2 rings (SSSR count). The molecule has 2 amide bonds. The Hall–Kier alpha value is -1.72. The van der Waals surface area contributed by atoms with Crippen molar-refractivity contribution in [3.8, 4) is 5.75 Å². The highest BCUT2D eigenvalue weighted by atomic mass is 127. The Morgan fingerprint density at radius 1 is 1.11 bits per heavy atom. The quantitative estimate of drug-likeness (QED) is 0.294. The zero-order valence-corrected chi connectivity index (χ0v) is 18.9. The van der Waals surface area contributed by atoms with Gasteiger partial charge in [-0.2, -0.15) is 0 Å². The minimum absolute atomic E-state index is 0.0271. The van der Waals surface area contributed by atoms with E-state index in [1.54, 1.807) is 30.3 Å². The number of benzene rings is 2. The molecule has 0 heterocycles. The van der Waals surface area contributed by atoms with Gasteiger partial charge < -0.3 is 4.74 Å². The second-order valence-electron chi connectivity index (χ2n) is 5.33. The minimum atomic E-state index is -0.441. The summed E-state index contributed by atoms with van der Waals surface area (Å²) in [6.07, 6.45) is 0.821. The van der Waals surface area contributed by atoms with Gasteiger partial charge in [0.25, 0.3) is 11.8 Å². The van der Waals surface area contributed by atoms with Crippen molar-refractivity contribution in [2.24, 2.45) is 0 Å².